The quantitative estimate of drug-likeness (QED) is 0.804. The first-order valence-electron chi connectivity index (χ1n) is 6.91. The molecular formula is C16H17BrN2O. The Morgan fingerprint density at radius 1 is 1.30 bits per heavy atom. The van der Waals surface area contributed by atoms with Crippen molar-refractivity contribution >= 4 is 21.7 Å². The minimum atomic E-state index is 0.123. The molecule has 0 radical (unpaired) electrons. The second kappa shape index (κ2) is 5.17. The zero-order valence-corrected chi connectivity index (χ0v) is 13.3. The lowest BCUT2D eigenvalue weighted by Crippen LogP contribution is -2.13. The third-order valence-corrected chi connectivity index (χ3v) is 5.15. The fourth-order valence-corrected chi connectivity index (χ4v) is 3.09. The highest BCUT2D eigenvalue weighted by Crippen LogP contribution is 2.24. The molecule has 1 aliphatic carbocycles. The molecule has 3 nitrogen and oxygen atoms in total. The lowest BCUT2D eigenvalue weighted by Gasteiger charge is -2.06. The molecule has 1 aliphatic rings. The van der Waals surface area contributed by atoms with Crippen molar-refractivity contribution in [2.24, 2.45) is 0 Å². The van der Waals surface area contributed by atoms with E-state index in [4.69, 9.17) is 0 Å². The lowest BCUT2D eigenvalue weighted by molar-refractivity contribution is 0.0966. The van der Waals surface area contributed by atoms with Crippen molar-refractivity contribution in [3.63, 3.8) is 0 Å². The van der Waals surface area contributed by atoms with Crippen molar-refractivity contribution in [3.8, 4) is 0 Å². The highest BCUT2D eigenvalue weighted by molar-refractivity contribution is 9.10. The van der Waals surface area contributed by atoms with Crippen LogP contribution in [0.4, 0.5) is 0 Å². The van der Waals surface area contributed by atoms with Crippen molar-refractivity contribution in [1.82, 2.24) is 9.78 Å². The lowest BCUT2D eigenvalue weighted by atomic mass is 10.0. The first kappa shape index (κ1) is 13.6. The topological polar surface area (TPSA) is 34.9 Å². The standard InChI is InChI=1S/C16H17BrN2O/c1-10-16(17)11(2)19(18-10)9-15(20)14-7-6-12-4-3-5-13(12)8-14/h6-8H,3-5,9H2,1-2H3. The zero-order chi connectivity index (χ0) is 14.3. The van der Waals surface area contributed by atoms with Gasteiger partial charge in [0.25, 0.3) is 0 Å². The van der Waals surface area contributed by atoms with E-state index in [2.05, 4.69) is 33.2 Å². The van der Waals surface area contributed by atoms with Crippen LogP contribution in [0.25, 0.3) is 0 Å². The number of carbonyl (C=O) groups excluding carboxylic acids is 1. The van der Waals surface area contributed by atoms with E-state index in [1.54, 1.807) is 4.68 Å². The number of benzene rings is 1. The summed E-state index contributed by atoms with van der Waals surface area (Å²) in [6, 6.07) is 6.12. The van der Waals surface area contributed by atoms with Crippen LogP contribution >= 0.6 is 15.9 Å². The van der Waals surface area contributed by atoms with Crippen molar-refractivity contribution in [1.29, 1.82) is 0 Å². The molecular weight excluding hydrogens is 316 g/mol. The molecule has 0 unspecified atom stereocenters. The molecule has 0 fully saturated rings. The highest BCUT2D eigenvalue weighted by Gasteiger charge is 2.16. The predicted molar refractivity (Wildman–Crippen MR) is 82.2 cm³/mol. The summed E-state index contributed by atoms with van der Waals surface area (Å²) < 4.78 is 2.76. The largest absolute Gasteiger partial charge is 0.292 e. The Labute approximate surface area is 127 Å². The van der Waals surface area contributed by atoms with Crippen LogP contribution < -0.4 is 0 Å². The number of halogens is 1. The number of hydrogen-bond acceptors (Lipinski definition) is 2. The van der Waals surface area contributed by atoms with E-state index in [-0.39, 0.29) is 5.78 Å². The Balaban J connectivity index is 1.84. The maximum absolute atomic E-state index is 12.4. The predicted octanol–water partition coefficient (Wildman–Crippen LogP) is 3.63. The van der Waals surface area contributed by atoms with Gasteiger partial charge in [-0.05, 0) is 66.2 Å². The van der Waals surface area contributed by atoms with Gasteiger partial charge in [-0.15, -0.1) is 0 Å². The van der Waals surface area contributed by atoms with Gasteiger partial charge in [-0.25, -0.2) is 0 Å². The van der Waals surface area contributed by atoms with E-state index in [0.717, 1.165) is 34.3 Å². The van der Waals surface area contributed by atoms with Crippen molar-refractivity contribution in [2.45, 2.75) is 39.7 Å². The summed E-state index contributed by atoms with van der Waals surface area (Å²) in [4.78, 5) is 12.4. The molecule has 104 valence electrons. The summed E-state index contributed by atoms with van der Waals surface area (Å²) in [5.41, 5.74) is 5.45. The molecule has 0 N–H and O–H groups in total. The van der Waals surface area contributed by atoms with Gasteiger partial charge in [0, 0.05) is 5.56 Å². The second-order valence-corrected chi connectivity index (χ2v) is 6.20. The molecule has 1 heterocycles. The number of aromatic nitrogens is 2. The number of hydrogen-bond donors (Lipinski definition) is 0. The average molecular weight is 333 g/mol. The van der Waals surface area contributed by atoms with Crippen LogP contribution in [-0.2, 0) is 19.4 Å². The van der Waals surface area contributed by atoms with Gasteiger partial charge < -0.3 is 0 Å². The Bertz CT molecular complexity index is 688. The molecule has 0 amide bonds. The van der Waals surface area contributed by atoms with Gasteiger partial charge in [0.15, 0.2) is 5.78 Å². The minimum Gasteiger partial charge on any atom is -0.292 e. The van der Waals surface area contributed by atoms with Gasteiger partial charge in [0.1, 0.15) is 6.54 Å². The van der Waals surface area contributed by atoms with Gasteiger partial charge >= 0.3 is 0 Å². The molecule has 2 aromatic rings. The van der Waals surface area contributed by atoms with Crippen molar-refractivity contribution in [3.05, 3.63) is 50.8 Å². The smallest absolute Gasteiger partial charge is 0.184 e. The SMILES string of the molecule is Cc1nn(CC(=O)c2ccc3c(c2)CCC3)c(C)c1Br. The van der Waals surface area contributed by atoms with E-state index in [1.165, 1.54) is 17.5 Å². The summed E-state index contributed by atoms with van der Waals surface area (Å²) in [5.74, 6) is 0.123. The number of rotatable bonds is 3. The summed E-state index contributed by atoms with van der Waals surface area (Å²) in [7, 11) is 0. The zero-order valence-electron chi connectivity index (χ0n) is 11.7. The molecule has 0 saturated carbocycles. The normalized spacial score (nSPS) is 13.6. The molecule has 1 aromatic carbocycles. The summed E-state index contributed by atoms with van der Waals surface area (Å²) >= 11 is 3.49. The van der Waals surface area contributed by atoms with Crippen molar-refractivity contribution < 1.29 is 4.79 Å². The fourth-order valence-electron chi connectivity index (χ4n) is 2.80. The summed E-state index contributed by atoms with van der Waals surface area (Å²) in [5, 5.41) is 4.40. The minimum absolute atomic E-state index is 0.123. The average Bonchev–Trinajstić information content (AvgIpc) is 2.99. The molecule has 3 rings (SSSR count). The number of Topliss-reactive ketones (excluding diaryl/α,β-unsaturated/α-hetero) is 1. The number of aryl methyl sites for hydroxylation is 3. The molecule has 0 saturated heterocycles. The molecule has 0 bridgehead atoms. The van der Waals surface area contributed by atoms with E-state index < -0.39 is 0 Å². The maximum atomic E-state index is 12.4. The van der Waals surface area contributed by atoms with Gasteiger partial charge in [-0.3, -0.25) is 9.48 Å². The number of ketones is 1. The fraction of sp³-hybridized carbons (Fsp3) is 0.375. The van der Waals surface area contributed by atoms with Crippen LogP contribution in [0.2, 0.25) is 0 Å². The van der Waals surface area contributed by atoms with E-state index in [9.17, 15) is 4.79 Å². The van der Waals surface area contributed by atoms with Gasteiger partial charge in [-0.2, -0.15) is 5.10 Å². The Morgan fingerprint density at radius 3 is 2.75 bits per heavy atom. The molecule has 0 spiro atoms. The van der Waals surface area contributed by atoms with Crippen LogP contribution in [0.15, 0.2) is 22.7 Å². The van der Waals surface area contributed by atoms with E-state index >= 15 is 0 Å². The molecule has 4 heteroatoms. The second-order valence-electron chi connectivity index (χ2n) is 5.40. The Hall–Kier alpha value is -1.42. The third-order valence-electron chi connectivity index (χ3n) is 4.01. The summed E-state index contributed by atoms with van der Waals surface area (Å²) in [6.07, 6.45) is 3.45. The third kappa shape index (κ3) is 2.33. The number of fused-ring (bicyclic) bond motifs is 1. The van der Waals surface area contributed by atoms with Crippen molar-refractivity contribution in [2.75, 3.05) is 0 Å². The molecule has 1 aromatic heterocycles. The van der Waals surface area contributed by atoms with Gasteiger partial charge in [-0.1, -0.05) is 12.1 Å². The monoisotopic (exact) mass is 332 g/mol. The van der Waals surface area contributed by atoms with Crippen LogP contribution in [0.3, 0.4) is 0 Å². The van der Waals surface area contributed by atoms with Crippen LogP contribution in [-0.4, -0.2) is 15.6 Å². The first-order valence-corrected chi connectivity index (χ1v) is 7.70. The molecule has 0 atom stereocenters. The Kier molecular flexibility index (Phi) is 3.50. The van der Waals surface area contributed by atoms with Crippen LogP contribution in [0.5, 0.6) is 0 Å². The number of nitrogens with zero attached hydrogens (tertiary/aromatic N) is 2. The summed E-state index contributed by atoms with van der Waals surface area (Å²) in [6.45, 7) is 4.21. The van der Waals surface area contributed by atoms with Gasteiger partial charge in [0.05, 0.1) is 15.9 Å². The highest BCUT2D eigenvalue weighted by atomic mass is 79.9. The van der Waals surface area contributed by atoms with E-state index in [1.807, 2.05) is 19.9 Å². The van der Waals surface area contributed by atoms with Crippen LogP contribution in [0.1, 0.15) is 39.3 Å². The van der Waals surface area contributed by atoms with Crippen LogP contribution in [0, 0.1) is 13.8 Å². The first-order chi connectivity index (χ1) is 9.56. The molecule has 20 heavy (non-hydrogen) atoms. The van der Waals surface area contributed by atoms with Gasteiger partial charge in [0.2, 0.25) is 0 Å². The maximum Gasteiger partial charge on any atom is 0.184 e. The number of carbonyl (C=O) groups is 1. The molecule has 0 aliphatic heterocycles. The van der Waals surface area contributed by atoms with E-state index in [0.29, 0.717) is 6.54 Å². The Morgan fingerprint density at radius 2 is 2.05 bits per heavy atom.